The molecule has 1 amide bonds. The summed E-state index contributed by atoms with van der Waals surface area (Å²) in [6, 6.07) is 12.3. The molecule has 0 spiro atoms. The number of rotatable bonds is 3. The second-order valence-electron chi connectivity index (χ2n) is 9.18. The molecule has 1 saturated heterocycles. The van der Waals surface area contributed by atoms with Crippen molar-refractivity contribution >= 4 is 29.3 Å². The topological polar surface area (TPSA) is 47.6 Å². The zero-order valence-corrected chi connectivity index (χ0v) is 17.4. The highest BCUT2D eigenvalue weighted by Gasteiger charge is 2.52. The van der Waals surface area contributed by atoms with E-state index in [2.05, 4.69) is 33.0 Å². The first-order valence-electron chi connectivity index (χ1n) is 10.5. The molecule has 0 radical (unpaired) electrons. The smallest absolute Gasteiger partial charge is 0.399 e. The van der Waals surface area contributed by atoms with E-state index in [1.165, 1.54) is 19.3 Å². The summed E-state index contributed by atoms with van der Waals surface area (Å²) < 4.78 is 12.5. The summed E-state index contributed by atoms with van der Waals surface area (Å²) in [6.07, 6.45) is 5.88. The van der Waals surface area contributed by atoms with Crippen molar-refractivity contribution in [3.63, 3.8) is 0 Å². The first kappa shape index (κ1) is 19.5. The molecule has 0 atom stereocenters. The Bertz CT molecular complexity index is 871. The summed E-state index contributed by atoms with van der Waals surface area (Å²) in [6.45, 7) is 8.25. The van der Waals surface area contributed by atoms with Crippen molar-refractivity contribution in [2.75, 3.05) is 0 Å². The summed E-state index contributed by atoms with van der Waals surface area (Å²) in [5.41, 5.74) is 0.971. The molecule has 5 heteroatoms. The zero-order chi connectivity index (χ0) is 19.9. The minimum atomic E-state index is -0.407. The van der Waals surface area contributed by atoms with Crippen LogP contribution < -0.4 is 10.8 Å². The number of benzene rings is 2. The summed E-state index contributed by atoms with van der Waals surface area (Å²) in [7, 11) is -0.407. The Balaban J connectivity index is 1.59. The largest absolute Gasteiger partial charge is 0.495 e. The van der Waals surface area contributed by atoms with Crippen LogP contribution in [-0.2, 0) is 9.31 Å². The van der Waals surface area contributed by atoms with Gasteiger partial charge in [0.1, 0.15) is 0 Å². The molecule has 0 unspecified atom stereocenters. The van der Waals surface area contributed by atoms with Crippen LogP contribution in [0, 0.1) is 0 Å². The van der Waals surface area contributed by atoms with Crippen molar-refractivity contribution in [3.05, 3.63) is 42.0 Å². The van der Waals surface area contributed by atoms with E-state index < -0.39 is 7.12 Å². The molecule has 0 aromatic heterocycles. The lowest BCUT2D eigenvalue weighted by Gasteiger charge is -2.32. The first-order valence-corrected chi connectivity index (χ1v) is 10.5. The molecule has 28 heavy (non-hydrogen) atoms. The number of amides is 1. The van der Waals surface area contributed by atoms with E-state index in [0.29, 0.717) is 11.6 Å². The van der Waals surface area contributed by atoms with Gasteiger partial charge in [0, 0.05) is 11.6 Å². The number of nitrogens with one attached hydrogen (secondary N) is 1. The molecule has 2 aliphatic rings. The van der Waals surface area contributed by atoms with Crippen LogP contribution in [0.1, 0.15) is 70.2 Å². The van der Waals surface area contributed by atoms with E-state index in [1.807, 2.05) is 36.4 Å². The summed E-state index contributed by atoms with van der Waals surface area (Å²) in [5, 5.41) is 5.30. The lowest BCUT2D eigenvalue weighted by Crippen LogP contribution is -2.41. The maximum Gasteiger partial charge on any atom is 0.495 e. The molecule has 2 fully saturated rings. The second kappa shape index (κ2) is 7.20. The van der Waals surface area contributed by atoms with Gasteiger partial charge in [-0.15, -0.1) is 0 Å². The fourth-order valence-corrected chi connectivity index (χ4v) is 4.14. The van der Waals surface area contributed by atoms with E-state index in [0.717, 1.165) is 29.1 Å². The first-order chi connectivity index (χ1) is 13.3. The highest BCUT2D eigenvalue weighted by molar-refractivity contribution is 6.65. The average molecular weight is 379 g/mol. The monoisotopic (exact) mass is 379 g/mol. The number of carbonyl (C=O) groups is 1. The summed E-state index contributed by atoms with van der Waals surface area (Å²) >= 11 is 0. The van der Waals surface area contributed by atoms with Crippen molar-refractivity contribution in [1.29, 1.82) is 0 Å². The second-order valence-corrected chi connectivity index (χ2v) is 9.18. The molecule has 1 N–H and O–H groups in total. The summed E-state index contributed by atoms with van der Waals surface area (Å²) in [5.74, 6) is 0.0230. The molecule has 0 bridgehead atoms. The van der Waals surface area contributed by atoms with E-state index in [4.69, 9.17) is 9.31 Å². The summed E-state index contributed by atoms with van der Waals surface area (Å²) in [4.78, 5) is 12.7. The molecule has 1 saturated carbocycles. The third-order valence-electron chi connectivity index (χ3n) is 6.62. The number of hydrogen-bond donors (Lipinski definition) is 1. The predicted molar refractivity (Wildman–Crippen MR) is 114 cm³/mol. The lowest BCUT2D eigenvalue weighted by molar-refractivity contribution is 0.00578. The number of hydrogen-bond acceptors (Lipinski definition) is 3. The van der Waals surface area contributed by atoms with Gasteiger partial charge < -0.3 is 14.6 Å². The lowest BCUT2D eigenvalue weighted by atomic mass is 9.76. The molecule has 4 nitrogen and oxygen atoms in total. The Labute approximate surface area is 168 Å². The molecule has 4 rings (SSSR count). The Morgan fingerprint density at radius 1 is 1.00 bits per heavy atom. The minimum absolute atomic E-state index is 0.0230. The molecule has 2 aromatic carbocycles. The highest BCUT2D eigenvalue weighted by atomic mass is 16.7. The van der Waals surface area contributed by atoms with Crippen LogP contribution >= 0.6 is 0 Å². The van der Waals surface area contributed by atoms with Crippen LogP contribution in [0.25, 0.3) is 10.8 Å². The highest BCUT2D eigenvalue weighted by Crippen LogP contribution is 2.37. The van der Waals surface area contributed by atoms with E-state index in [9.17, 15) is 4.79 Å². The Hall–Kier alpha value is -1.85. The van der Waals surface area contributed by atoms with Gasteiger partial charge in [-0.1, -0.05) is 43.5 Å². The van der Waals surface area contributed by atoms with E-state index >= 15 is 0 Å². The minimum Gasteiger partial charge on any atom is -0.399 e. The van der Waals surface area contributed by atoms with Gasteiger partial charge >= 0.3 is 7.12 Å². The molecule has 1 aliphatic heterocycles. The average Bonchev–Trinajstić information content (AvgIpc) is 2.88. The van der Waals surface area contributed by atoms with E-state index in [-0.39, 0.29) is 17.1 Å². The third-order valence-corrected chi connectivity index (χ3v) is 6.62. The van der Waals surface area contributed by atoms with Gasteiger partial charge in [-0.2, -0.15) is 0 Å². The van der Waals surface area contributed by atoms with Crippen LogP contribution in [0.3, 0.4) is 0 Å². The van der Waals surface area contributed by atoms with Gasteiger partial charge in [0.2, 0.25) is 0 Å². The Kier molecular flexibility index (Phi) is 5.01. The molecular formula is C23H30BNO3. The standard InChI is InChI=1S/C23H30BNO3/c1-22(2)23(3,4)28-24(27-22)20-12-8-9-16-15-17(13-14-19(16)20)21(26)25-18-10-6-5-7-11-18/h8-9,12-15,18H,5-7,10-11H2,1-4H3,(H,25,26). The normalized spacial score (nSPS) is 21.8. The molecule has 1 aliphatic carbocycles. The van der Waals surface area contributed by atoms with Gasteiger partial charge in [0.15, 0.2) is 0 Å². The van der Waals surface area contributed by atoms with Crippen LogP contribution in [-0.4, -0.2) is 30.3 Å². The van der Waals surface area contributed by atoms with Crippen molar-refractivity contribution in [2.24, 2.45) is 0 Å². The molecule has 2 aromatic rings. The molecule has 1 heterocycles. The van der Waals surface area contributed by atoms with Gasteiger partial charge in [-0.25, -0.2) is 0 Å². The Morgan fingerprint density at radius 2 is 1.68 bits per heavy atom. The quantitative estimate of drug-likeness (QED) is 0.813. The number of fused-ring (bicyclic) bond motifs is 1. The fourth-order valence-electron chi connectivity index (χ4n) is 4.14. The zero-order valence-electron chi connectivity index (χ0n) is 17.4. The maximum absolute atomic E-state index is 12.7. The van der Waals surface area contributed by atoms with Crippen molar-refractivity contribution in [2.45, 2.75) is 77.0 Å². The third kappa shape index (κ3) is 3.58. The van der Waals surface area contributed by atoms with Crippen LogP contribution in [0.4, 0.5) is 0 Å². The van der Waals surface area contributed by atoms with Crippen molar-refractivity contribution in [3.8, 4) is 0 Å². The number of carbonyl (C=O) groups excluding carboxylic acids is 1. The van der Waals surface area contributed by atoms with Crippen LogP contribution in [0.2, 0.25) is 0 Å². The van der Waals surface area contributed by atoms with Gasteiger partial charge in [-0.3, -0.25) is 4.79 Å². The SMILES string of the molecule is CC1(C)OB(c2cccc3cc(C(=O)NC4CCCCC4)ccc23)OC1(C)C. The Morgan fingerprint density at radius 3 is 2.36 bits per heavy atom. The maximum atomic E-state index is 12.7. The van der Waals surface area contributed by atoms with Crippen molar-refractivity contribution in [1.82, 2.24) is 5.32 Å². The molecule has 148 valence electrons. The molecular weight excluding hydrogens is 349 g/mol. The van der Waals surface area contributed by atoms with Gasteiger partial charge in [0.05, 0.1) is 11.2 Å². The van der Waals surface area contributed by atoms with E-state index in [1.54, 1.807) is 0 Å². The van der Waals surface area contributed by atoms with Crippen LogP contribution in [0.5, 0.6) is 0 Å². The van der Waals surface area contributed by atoms with Crippen molar-refractivity contribution < 1.29 is 14.1 Å². The van der Waals surface area contributed by atoms with Gasteiger partial charge in [-0.05, 0) is 68.9 Å². The predicted octanol–water partition coefficient (Wildman–Crippen LogP) is 4.20. The fraction of sp³-hybridized carbons (Fsp3) is 0.522. The van der Waals surface area contributed by atoms with Crippen LogP contribution in [0.15, 0.2) is 36.4 Å². The van der Waals surface area contributed by atoms with Gasteiger partial charge in [0.25, 0.3) is 5.91 Å².